The maximum atomic E-state index is 12.6. The lowest BCUT2D eigenvalue weighted by Gasteiger charge is -2.24. The maximum absolute atomic E-state index is 12.6. The molecule has 3 aromatic rings. The monoisotopic (exact) mass is 334 g/mol. The van der Waals surface area contributed by atoms with Crippen LogP contribution in [0, 0.1) is 6.92 Å². The number of methoxy groups -OCH3 is 1. The molecule has 1 atom stereocenters. The van der Waals surface area contributed by atoms with E-state index in [-0.39, 0.29) is 11.9 Å². The van der Waals surface area contributed by atoms with Crippen molar-refractivity contribution in [1.29, 1.82) is 0 Å². The molecule has 1 aliphatic rings. The molecule has 0 radical (unpaired) electrons. The third-order valence-corrected chi connectivity index (χ3v) is 5.02. The van der Waals surface area contributed by atoms with E-state index in [9.17, 15) is 4.79 Å². The molecule has 2 N–H and O–H groups in total. The molecular formula is C21H22N2O2. The van der Waals surface area contributed by atoms with Gasteiger partial charge in [-0.2, -0.15) is 0 Å². The van der Waals surface area contributed by atoms with E-state index in [1.54, 1.807) is 19.2 Å². The van der Waals surface area contributed by atoms with Gasteiger partial charge in [0.1, 0.15) is 5.75 Å². The van der Waals surface area contributed by atoms with Crippen LogP contribution in [-0.4, -0.2) is 18.0 Å². The summed E-state index contributed by atoms with van der Waals surface area (Å²) in [5.74, 6) is 0.706. The minimum atomic E-state index is -0.0460. The molecule has 4 nitrogen and oxygen atoms in total. The average Bonchev–Trinajstić information content (AvgIpc) is 3.01. The van der Waals surface area contributed by atoms with Gasteiger partial charge in [0.05, 0.1) is 13.2 Å². The lowest BCUT2D eigenvalue weighted by atomic mass is 9.91. The lowest BCUT2D eigenvalue weighted by Crippen LogP contribution is -2.31. The minimum Gasteiger partial charge on any atom is -0.497 e. The molecule has 128 valence electrons. The van der Waals surface area contributed by atoms with Gasteiger partial charge in [-0.3, -0.25) is 4.79 Å². The molecule has 0 fully saturated rings. The quantitative estimate of drug-likeness (QED) is 0.750. The third kappa shape index (κ3) is 2.88. The van der Waals surface area contributed by atoms with Gasteiger partial charge in [-0.1, -0.05) is 11.6 Å². The van der Waals surface area contributed by atoms with Gasteiger partial charge < -0.3 is 15.0 Å². The zero-order valence-electron chi connectivity index (χ0n) is 14.6. The SMILES string of the molecule is COc1ccc(C(=O)NC2CCCc3c2[nH]c2ccc(C)cc32)cc1. The second kappa shape index (κ2) is 6.28. The highest BCUT2D eigenvalue weighted by atomic mass is 16.5. The predicted octanol–water partition coefficient (Wildman–Crippen LogP) is 4.29. The van der Waals surface area contributed by atoms with Gasteiger partial charge in [0.2, 0.25) is 0 Å². The summed E-state index contributed by atoms with van der Waals surface area (Å²) in [7, 11) is 1.62. The van der Waals surface area contributed by atoms with E-state index in [1.165, 1.54) is 16.5 Å². The fourth-order valence-electron chi connectivity index (χ4n) is 3.70. The van der Waals surface area contributed by atoms with Crippen LogP contribution in [0.5, 0.6) is 5.75 Å². The normalized spacial score (nSPS) is 16.5. The Morgan fingerprint density at radius 3 is 2.76 bits per heavy atom. The van der Waals surface area contributed by atoms with Crippen molar-refractivity contribution in [2.75, 3.05) is 7.11 Å². The highest BCUT2D eigenvalue weighted by Gasteiger charge is 2.25. The number of H-pyrrole nitrogens is 1. The zero-order chi connectivity index (χ0) is 17.4. The first-order valence-corrected chi connectivity index (χ1v) is 8.72. The van der Waals surface area contributed by atoms with E-state index < -0.39 is 0 Å². The van der Waals surface area contributed by atoms with Crippen LogP contribution in [-0.2, 0) is 6.42 Å². The van der Waals surface area contributed by atoms with Gasteiger partial charge in [0, 0.05) is 22.2 Å². The Kier molecular flexibility index (Phi) is 3.96. The van der Waals surface area contributed by atoms with E-state index in [0.717, 1.165) is 36.2 Å². The van der Waals surface area contributed by atoms with Gasteiger partial charge in [-0.25, -0.2) is 0 Å². The zero-order valence-corrected chi connectivity index (χ0v) is 14.6. The molecule has 0 spiro atoms. The van der Waals surface area contributed by atoms with Crippen LogP contribution in [0.2, 0.25) is 0 Å². The van der Waals surface area contributed by atoms with Crippen molar-refractivity contribution in [3.63, 3.8) is 0 Å². The number of carbonyl (C=O) groups excluding carboxylic acids is 1. The van der Waals surface area contributed by atoms with E-state index in [1.807, 2.05) is 12.1 Å². The number of aromatic nitrogens is 1. The molecule has 0 bridgehead atoms. The fourth-order valence-corrected chi connectivity index (χ4v) is 3.70. The van der Waals surface area contributed by atoms with Crippen molar-refractivity contribution in [2.24, 2.45) is 0 Å². The molecule has 1 heterocycles. The Morgan fingerprint density at radius 2 is 2.00 bits per heavy atom. The first-order valence-electron chi connectivity index (χ1n) is 8.72. The number of benzene rings is 2. The minimum absolute atomic E-state index is 0.0334. The second-order valence-electron chi connectivity index (χ2n) is 6.71. The molecular weight excluding hydrogens is 312 g/mol. The number of aromatic amines is 1. The fraction of sp³-hybridized carbons (Fsp3) is 0.286. The number of carbonyl (C=O) groups is 1. The Labute approximate surface area is 147 Å². The first kappa shape index (κ1) is 15.8. The van der Waals surface area contributed by atoms with Crippen LogP contribution in [0.3, 0.4) is 0 Å². The van der Waals surface area contributed by atoms with Crippen molar-refractivity contribution in [1.82, 2.24) is 10.3 Å². The number of aryl methyl sites for hydroxylation is 2. The number of rotatable bonds is 3. The van der Waals surface area contributed by atoms with Gasteiger partial charge in [-0.15, -0.1) is 0 Å². The second-order valence-corrected chi connectivity index (χ2v) is 6.71. The molecule has 0 saturated carbocycles. The van der Waals surface area contributed by atoms with Gasteiger partial charge in [-0.05, 0) is 68.1 Å². The molecule has 4 heteroatoms. The Bertz CT molecular complexity index is 925. The molecule has 1 aliphatic carbocycles. The summed E-state index contributed by atoms with van der Waals surface area (Å²) >= 11 is 0. The van der Waals surface area contributed by atoms with Gasteiger partial charge in [0.25, 0.3) is 5.91 Å². The van der Waals surface area contributed by atoms with Crippen molar-refractivity contribution < 1.29 is 9.53 Å². The smallest absolute Gasteiger partial charge is 0.251 e. The summed E-state index contributed by atoms with van der Waals surface area (Å²) in [5.41, 5.74) is 5.58. The number of fused-ring (bicyclic) bond motifs is 3. The van der Waals surface area contributed by atoms with Crippen molar-refractivity contribution in [2.45, 2.75) is 32.2 Å². The summed E-state index contributed by atoms with van der Waals surface area (Å²) in [5, 5.41) is 4.48. The molecule has 1 amide bonds. The topological polar surface area (TPSA) is 54.1 Å². The molecule has 1 unspecified atom stereocenters. The lowest BCUT2D eigenvalue weighted by molar-refractivity contribution is 0.0932. The van der Waals surface area contributed by atoms with Crippen LogP contribution >= 0.6 is 0 Å². The Morgan fingerprint density at radius 1 is 1.20 bits per heavy atom. The summed E-state index contributed by atoms with van der Waals surface area (Å²) in [6.07, 6.45) is 3.11. The standard InChI is InChI=1S/C21H22N2O2/c1-13-6-11-18-17(12-13)16-4-3-5-19(20(16)22-18)23-21(24)14-7-9-15(25-2)10-8-14/h6-12,19,22H,3-5H2,1-2H3,(H,23,24). The van der Waals surface area contributed by atoms with E-state index in [4.69, 9.17) is 4.74 Å². The largest absolute Gasteiger partial charge is 0.497 e. The predicted molar refractivity (Wildman–Crippen MR) is 99.2 cm³/mol. The highest BCUT2D eigenvalue weighted by Crippen LogP contribution is 2.35. The molecule has 0 saturated heterocycles. The molecule has 4 rings (SSSR count). The Balaban J connectivity index is 1.62. The molecule has 2 aromatic carbocycles. The molecule has 0 aliphatic heterocycles. The van der Waals surface area contributed by atoms with Crippen LogP contribution in [0.4, 0.5) is 0 Å². The van der Waals surface area contributed by atoms with Crippen molar-refractivity contribution >= 4 is 16.8 Å². The number of ether oxygens (including phenoxy) is 1. The number of amides is 1. The maximum Gasteiger partial charge on any atom is 0.251 e. The molecule has 1 aromatic heterocycles. The summed E-state index contributed by atoms with van der Waals surface area (Å²) < 4.78 is 5.15. The highest BCUT2D eigenvalue weighted by molar-refractivity contribution is 5.95. The van der Waals surface area contributed by atoms with Crippen LogP contribution < -0.4 is 10.1 Å². The Hall–Kier alpha value is -2.75. The van der Waals surface area contributed by atoms with Crippen LogP contribution in [0.1, 0.15) is 46.1 Å². The first-order chi connectivity index (χ1) is 12.2. The summed E-state index contributed by atoms with van der Waals surface area (Å²) in [6, 6.07) is 13.7. The van der Waals surface area contributed by atoms with E-state index >= 15 is 0 Å². The average molecular weight is 334 g/mol. The van der Waals surface area contributed by atoms with E-state index in [2.05, 4.69) is 35.4 Å². The summed E-state index contributed by atoms with van der Waals surface area (Å²) in [6.45, 7) is 2.12. The van der Waals surface area contributed by atoms with E-state index in [0.29, 0.717) is 5.56 Å². The number of hydrogen-bond acceptors (Lipinski definition) is 2. The van der Waals surface area contributed by atoms with Crippen molar-refractivity contribution in [3.05, 3.63) is 64.8 Å². The number of hydrogen-bond donors (Lipinski definition) is 2. The number of nitrogens with one attached hydrogen (secondary N) is 2. The summed E-state index contributed by atoms with van der Waals surface area (Å²) in [4.78, 5) is 16.2. The molecule has 25 heavy (non-hydrogen) atoms. The van der Waals surface area contributed by atoms with Crippen molar-refractivity contribution in [3.8, 4) is 5.75 Å². The van der Waals surface area contributed by atoms with Gasteiger partial charge >= 0.3 is 0 Å². The van der Waals surface area contributed by atoms with Crippen LogP contribution in [0.25, 0.3) is 10.9 Å². The van der Waals surface area contributed by atoms with Crippen LogP contribution in [0.15, 0.2) is 42.5 Å². The third-order valence-electron chi connectivity index (χ3n) is 5.02. The van der Waals surface area contributed by atoms with Gasteiger partial charge in [0.15, 0.2) is 0 Å².